The summed E-state index contributed by atoms with van der Waals surface area (Å²) in [6, 6.07) is 20.6. The van der Waals surface area contributed by atoms with Gasteiger partial charge in [-0.1, -0.05) is 65.8 Å². The number of carbonyl (C=O) groups is 1. The predicted octanol–water partition coefficient (Wildman–Crippen LogP) is 4.33. The Morgan fingerprint density at radius 2 is 1.56 bits per heavy atom. The lowest BCUT2D eigenvalue weighted by Gasteiger charge is -2.32. The molecule has 1 aliphatic rings. The summed E-state index contributed by atoms with van der Waals surface area (Å²) in [7, 11) is 0. The molecule has 168 valence electrons. The van der Waals surface area contributed by atoms with E-state index in [1.807, 2.05) is 55.1 Å². The summed E-state index contributed by atoms with van der Waals surface area (Å²) in [6.07, 6.45) is 1.76. The van der Waals surface area contributed by atoms with Crippen molar-refractivity contribution in [2.45, 2.75) is 39.2 Å². The number of hydrogen-bond donors (Lipinski definition) is 0. The number of aromatic nitrogens is 2. The van der Waals surface area contributed by atoms with Crippen LogP contribution in [0.4, 0.5) is 0 Å². The van der Waals surface area contributed by atoms with Gasteiger partial charge in [-0.15, -0.1) is 0 Å². The molecule has 1 saturated heterocycles. The van der Waals surface area contributed by atoms with E-state index in [-0.39, 0.29) is 11.8 Å². The van der Waals surface area contributed by atoms with E-state index >= 15 is 0 Å². The number of benzene rings is 2. The van der Waals surface area contributed by atoms with Crippen molar-refractivity contribution in [3.05, 3.63) is 83.5 Å². The monoisotopic (exact) mass is 432 g/mol. The Balaban J connectivity index is 1.43. The summed E-state index contributed by atoms with van der Waals surface area (Å²) in [5.41, 5.74) is 2.28. The minimum Gasteiger partial charge on any atom is -0.343 e. The number of amides is 1. The molecule has 0 N–H and O–H groups in total. The fourth-order valence-corrected chi connectivity index (χ4v) is 4.55. The maximum atomic E-state index is 12.6. The number of nitrogens with zero attached hydrogens (tertiary/aromatic N) is 4. The van der Waals surface area contributed by atoms with E-state index in [0.717, 1.165) is 50.1 Å². The summed E-state index contributed by atoms with van der Waals surface area (Å²) >= 11 is 0. The van der Waals surface area contributed by atoms with Crippen LogP contribution in [0.2, 0.25) is 0 Å². The highest BCUT2D eigenvalue weighted by Crippen LogP contribution is 2.30. The molecule has 0 saturated carbocycles. The Hall–Kier alpha value is -2.99. The molecule has 32 heavy (non-hydrogen) atoms. The Morgan fingerprint density at radius 3 is 2.09 bits per heavy atom. The first-order valence-electron chi connectivity index (χ1n) is 11.6. The second kappa shape index (κ2) is 10.6. The average Bonchev–Trinajstić information content (AvgIpc) is 3.29. The van der Waals surface area contributed by atoms with E-state index in [1.165, 1.54) is 0 Å². The molecule has 0 bridgehead atoms. The van der Waals surface area contributed by atoms with E-state index in [2.05, 4.69) is 34.3 Å². The van der Waals surface area contributed by atoms with Crippen LogP contribution < -0.4 is 0 Å². The fraction of sp³-hybridized carbons (Fsp3) is 0.423. The molecule has 2 aromatic carbocycles. The van der Waals surface area contributed by atoms with Crippen molar-refractivity contribution in [2.75, 3.05) is 26.2 Å². The highest BCUT2D eigenvalue weighted by atomic mass is 16.5. The second-order valence-electron chi connectivity index (χ2n) is 8.36. The van der Waals surface area contributed by atoms with Crippen molar-refractivity contribution in [1.82, 2.24) is 19.9 Å². The minimum absolute atomic E-state index is 0.0627. The molecule has 0 unspecified atom stereocenters. The maximum absolute atomic E-state index is 12.6. The predicted molar refractivity (Wildman–Crippen MR) is 124 cm³/mol. The Bertz CT molecular complexity index is 938. The smallest absolute Gasteiger partial charge is 0.240 e. The van der Waals surface area contributed by atoms with E-state index in [1.54, 1.807) is 0 Å². The zero-order chi connectivity index (χ0) is 22.3. The van der Waals surface area contributed by atoms with Gasteiger partial charge in [0, 0.05) is 19.0 Å². The third kappa shape index (κ3) is 5.07. The highest BCUT2D eigenvalue weighted by Gasteiger charge is 2.29. The Morgan fingerprint density at radius 1 is 1.00 bits per heavy atom. The van der Waals surface area contributed by atoms with Gasteiger partial charge in [-0.25, -0.2) is 0 Å². The molecule has 6 heteroatoms. The third-order valence-electron chi connectivity index (χ3n) is 6.38. The molecule has 6 nitrogen and oxygen atoms in total. The zero-order valence-corrected chi connectivity index (χ0v) is 19.0. The van der Waals surface area contributed by atoms with Crippen LogP contribution in [0, 0.1) is 5.92 Å². The van der Waals surface area contributed by atoms with Gasteiger partial charge in [-0.3, -0.25) is 9.69 Å². The van der Waals surface area contributed by atoms with Gasteiger partial charge in [0.2, 0.25) is 11.8 Å². The maximum Gasteiger partial charge on any atom is 0.240 e. The SMILES string of the molecule is CCN(CC)C(=O)C1CCN(Cc2nc(C(c3ccccc3)c3ccccc3)no2)CC1. The van der Waals surface area contributed by atoms with Crippen molar-refractivity contribution >= 4 is 5.91 Å². The lowest BCUT2D eigenvalue weighted by Crippen LogP contribution is -2.42. The molecule has 1 fully saturated rings. The van der Waals surface area contributed by atoms with Crippen LogP contribution in [0.5, 0.6) is 0 Å². The molecule has 1 aromatic heterocycles. The standard InChI is InChI=1S/C26H32N4O2/c1-3-30(4-2)26(31)22-15-17-29(18-16-22)19-23-27-25(28-32-23)24(20-11-7-5-8-12-20)21-13-9-6-10-14-21/h5-14,22,24H,3-4,15-19H2,1-2H3. The highest BCUT2D eigenvalue weighted by molar-refractivity contribution is 5.78. The van der Waals surface area contributed by atoms with Crippen LogP contribution >= 0.6 is 0 Å². The molecule has 0 aliphatic carbocycles. The van der Waals surface area contributed by atoms with Crippen LogP contribution in [-0.4, -0.2) is 52.0 Å². The van der Waals surface area contributed by atoms with E-state index in [4.69, 9.17) is 9.51 Å². The lowest BCUT2D eigenvalue weighted by atomic mass is 9.91. The molecule has 0 spiro atoms. The molecule has 1 aliphatic heterocycles. The zero-order valence-electron chi connectivity index (χ0n) is 19.0. The number of carbonyl (C=O) groups excluding carboxylic acids is 1. The molecule has 2 heterocycles. The van der Waals surface area contributed by atoms with Crippen LogP contribution in [-0.2, 0) is 11.3 Å². The molecule has 0 radical (unpaired) electrons. The van der Waals surface area contributed by atoms with Crippen LogP contribution in [0.1, 0.15) is 55.4 Å². The van der Waals surface area contributed by atoms with Crippen molar-refractivity contribution in [2.24, 2.45) is 5.92 Å². The average molecular weight is 433 g/mol. The Labute approximate surface area is 190 Å². The van der Waals surface area contributed by atoms with Gasteiger partial charge in [-0.05, 0) is 50.9 Å². The summed E-state index contributed by atoms with van der Waals surface area (Å²) < 4.78 is 5.66. The molecular weight excluding hydrogens is 400 g/mol. The van der Waals surface area contributed by atoms with Gasteiger partial charge in [0.25, 0.3) is 0 Å². The van der Waals surface area contributed by atoms with Gasteiger partial charge in [0.1, 0.15) is 0 Å². The number of likely N-dealkylation sites (tertiary alicyclic amines) is 1. The summed E-state index contributed by atoms with van der Waals surface area (Å²) in [5.74, 6) is 1.68. The first-order chi connectivity index (χ1) is 15.7. The van der Waals surface area contributed by atoms with E-state index < -0.39 is 0 Å². The van der Waals surface area contributed by atoms with Gasteiger partial charge in [0.05, 0.1) is 12.5 Å². The van der Waals surface area contributed by atoms with Crippen molar-refractivity contribution in [1.29, 1.82) is 0 Å². The van der Waals surface area contributed by atoms with E-state index in [0.29, 0.717) is 24.2 Å². The van der Waals surface area contributed by atoms with E-state index in [9.17, 15) is 4.79 Å². The Kier molecular flexibility index (Phi) is 7.32. The number of hydrogen-bond acceptors (Lipinski definition) is 5. The molecule has 0 atom stereocenters. The largest absolute Gasteiger partial charge is 0.343 e. The molecular formula is C26H32N4O2. The first-order valence-corrected chi connectivity index (χ1v) is 11.6. The van der Waals surface area contributed by atoms with Crippen molar-refractivity contribution in [3.8, 4) is 0 Å². The van der Waals surface area contributed by atoms with Gasteiger partial charge < -0.3 is 9.42 Å². The van der Waals surface area contributed by atoms with Crippen LogP contribution in [0.25, 0.3) is 0 Å². The summed E-state index contributed by atoms with van der Waals surface area (Å²) in [4.78, 5) is 21.7. The third-order valence-corrected chi connectivity index (χ3v) is 6.38. The quantitative estimate of drug-likeness (QED) is 0.530. The van der Waals surface area contributed by atoms with Crippen molar-refractivity contribution < 1.29 is 9.32 Å². The number of piperidine rings is 1. The first kappa shape index (κ1) is 22.2. The lowest BCUT2D eigenvalue weighted by molar-refractivity contribution is -0.136. The molecule has 4 rings (SSSR count). The fourth-order valence-electron chi connectivity index (χ4n) is 4.55. The van der Waals surface area contributed by atoms with Gasteiger partial charge >= 0.3 is 0 Å². The normalized spacial score (nSPS) is 15.2. The molecule has 3 aromatic rings. The molecule has 1 amide bonds. The van der Waals surface area contributed by atoms with Gasteiger partial charge in [-0.2, -0.15) is 4.98 Å². The summed E-state index contributed by atoms with van der Waals surface area (Å²) in [5, 5.41) is 4.35. The number of rotatable bonds is 8. The van der Waals surface area contributed by atoms with Crippen LogP contribution in [0.15, 0.2) is 65.2 Å². The van der Waals surface area contributed by atoms with Crippen molar-refractivity contribution in [3.63, 3.8) is 0 Å². The second-order valence-corrected chi connectivity index (χ2v) is 8.36. The minimum atomic E-state index is -0.0627. The topological polar surface area (TPSA) is 62.5 Å². The van der Waals surface area contributed by atoms with Gasteiger partial charge in [0.15, 0.2) is 5.82 Å². The van der Waals surface area contributed by atoms with Crippen LogP contribution in [0.3, 0.4) is 0 Å². The summed E-state index contributed by atoms with van der Waals surface area (Å²) in [6.45, 7) is 8.01.